The zero-order valence-electron chi connectivity index (χ0n) is 16.6. The molecule has 3 N–H and O–H groups in total. The molecule has 3 aromatic carbocycles. The Labute approximate surface area is 213 Å². The fourth-order valence-corrected chi connectivity index (χ4v) is 4.38. The molecule has 0 amide bonds. The van der Waals surface area contributed by atoms with Crippen LogP contribution in [0.4, 0.5) is 11.4 Å². The van der Waals surface area contributed by atoms with Crippen molar-refractivity contribution in [3.05, 3.63) is 36.4 Å². The number of fused-ring (bicyclic) bond motifs is 1. The van der Waals surface area contributed by atoms with Crippen molar-refractivity contribution in [3.63, 3.8) is 0 Å². The SMILES string of the molecule is O=S(=O)([O-])c1ccc(O)c(N=Nc2c(S(=O)(=O)[O-])cc3cc(S(=O)(=O)[O-])cc(O)c3c2O)c1.[Na+]. The summed E-state index contributed by atoms with van der Waals surface area (Å²) in [6, 6.07) is 3.66. The first-order valence-electron chi connectivity index (χ1n) is 8.15. The molecule has 34 heavy (non-hydrogen) atoms. The molecule has 0 aliphatic heterocycles. The average Bonchev–Trinajstić information content (AvgIpc) is 2.65. The summed E-state index contributed by atoms with van der Waals surface area (Å²) in [7, 11) is -15.5. The van der Waals surface area contributed by atoms with E-state index >= 15 is 0 Å². The van der Waals surface area contributed by atoms with Crippen LogP contribution in [0.5, 0.6) is 17.2 Å². The van der Waals surface area contributed by atoms with E-state index in [-0.39, 0.29) is 29.6 Å². The van der Waals surface area contributed by atoms with Gasteiger partial charge in [-0.1, -0.05) is 0 Å². The standard InChI is InChI=1S/C16H12N2O12S3.Na/c19-11-2-1-8(31(22,23)24)5-10(11)17-18-15-13(33(28,29)30)4-7-3-9(32(25,26)27)6-12(20)14(7)16(15)21;/h1-6,19-21H,(H,22,23,24)(H,25,26,27)(H,28,29,30);/q;+1/p-3. The number of azo groups is 1. The van der Waals surface area contributed by atoms with Crippen molar-refractivity contribution < 1.29 is 83.8 Å². The molecule has 0 fully saturated rings. The number of benzene rings is 3. The number of phenolic OH excluding ortho intramolecular Hbond substituents is 3. The van der Waals surface area contributed by atoms with E-state index in [1.54, 1.807) is 0 Å². The number of hydrogen-bond donors (Lipinski definition) is 3. The first kappa shape index (κ1) is 27.9. The van der Waals surface area contributed by atoms with Gasteiger partial charge in [-0.25, -0.2) is 25.3 Å². The Morgan fingerprint density at radius 3 is 1.79 bits per heavy atom. The van der Waals surface area contributed by atoms with Crippen molar-refractivity contribution in [2.24, 2.45) is 10.2 Å². The minimum Gasteiger partial charge on any atom is -0.744 e. The van der Waals surface area contributed by atoms with Gasteiger partial charge in [-0.05, 0) is 41.8 Å². The summed E-state index contributed by atoms with van der Waals surface area (Å²) in [5, 5.41) is 35.9. The average molecular weight is 540 g/mol. The van der Waals surface area contributed by atoms with Crippen molar-refractivity contribution in [2.45, 2.75) is 14.7 Å². The summed E-state index contributed by atoms with van der Waals surface area (Å²) in [6.07, 6.45) is 0. The van der Waals surface area contributed by atoms with E-state index in [0.717, 1.165) is 12.1 Å². The molecular weight excluding hydrogens is 531 g/mol. The largest absolute Gasteiger partial charge is 1.00 e. The van der Waals surface area contributed by atoms with Crippen molar-refractivity contribution in [1.29, 1.82) is 0 Å². The Kier molecular flexibility index (Phi) is 7.68. The van der Waals surface area contributed by atoms with E-state index in [1.807, 2.05) is 0 Å². The summed E-state index contributed by atoms with van der Waals surface area (Å²) >= 11 is 0. The molecule has 0 atom stereocenters. The predicted octanol–water partition coefficient (Wildman–Crippen LogP) is -1.91. The molecule has 14 nitrogen and oxygen atoms in total. The molecule has 0 saturated heterocycles. The topological polar surface area (TPSA) is 257 Å². The van der Waals surface area contributed by atoms with Crippen LogP contribution in [0, 0.1) is 0 Å². The normalized spacial score (nSPS) is 12.7. The van der Waals surface area contributed by atoms with Crippen molar-refractivity contribution in [1.82, 2.24) is 0 Å². The van der Waals surface area contributed by atoms with Gasteiger partial charge in [0, 0.05) is 0 Å². The molecule has 176 valence electrons. The number of phenols is 3. The van der Waals surface area contributed by atoms with Crippen molar-refractivity contribution >= 4 is 52.5 Å². The molecule has 0 spiro atoms. The third kappa shape index (κ3) is 5.65. The van der Waals surface area contributed by atoms with Crippen molar-refractivity contribution in [2.75, 3.05) is 0 Å². The molecule has 0 saturated carbocycles. The van der Waals surface area contributed by atoms with Crippen LogP contribution in [-0.2, 0) is 30.4 Å². The second-order valence-corrected chi connectivity index (χ2v) is 10.4. The van der Waals surface area contributed by atoms with Gasteiger partial charge < -0.3 is 29.0 Å². The molecule has 0 radical (unpaired) electrons. The maximum Gasteiger partial charge on any atom is 1.00 e. The van der Waals surface area contributed by atoms with Crippen LogP contribution in [0.2, 0.25) is 0 Å². The van der Waals surface area contributed by atoms with Crippen LogP contribution in [0.3, 0.4) is 0 Å². The summed E-state index contributed by atoms with van der Waals surface area (Å²) in [5.74, 6) is -2.88. The van der Waals surface area contributed by atoms with Gasteiger partial charge in [0.05, 0.1) is 20.1 Å². The van der Waals surface area contributed by atoms with Crippen LogP contribution >= 0.6 is 0 Å². The smallest absolute Gasteiger partial charge is 0.744 e. The first-order valence-corrected chi connectivity index (χ1v) is 12.4. The third-order valence-electron chi connectivity index (χ3n) is 4.15. The van der Waals surface area contributed by atoms with E-state index in [2.05, 4.69) is 10.2 Å². The predicted molar refractivity (Wildman–Crippen MR) is 103 cm³/mol. The second-order valence-electron chi connectivity index (χ2n) is 6.33. The quantitative estimate of drug-likeness (QED) is 0.182. The van der Waals surface area contributed by atoms with Crippen molar-refractivity contribution in [3.8, 4) is 17.2 Å². The van der Waals surface area contributed by atoms with Crippen LogP contribution in [0.1, 0.15) is 0 Å². The maximum absolute atomic E-state index is 11.7. The molecule has 0 unspecified atom stereocenters. The Balaban J connectivity index is 0.00000408. The Morgan fingerprint density at radius 2 is 1.26 bits per heavy atom. The molecule has 0 bridgehead atoms. The van der Waals surface area contributed by atoms with Gasteiger partial charge in [0.2, 0.25) is 0 Å². The van der Waals surface area contributed by atoms with E-state index in [4.69, 9.17) is 0 Å². The van der Waals surface area contributed by atoms with Crippen LogP contribution in [-0.4, -0.2) is 54.2 Å². The number of aromatic hydroxyl groups is 3. The maximum atomic E-state index is 11.7. The minimum atomic E-state index is -5.44. The van der Waals surface area contributed by atoms with E-state index in [1.165, 1.54) is 0 Å². The van der Waals surface area contributed by atoms with Gasteiger partial charge in [0.15, 0.2) is 5.75 Å². The van der Waals surface area contributed by atoms with E-state index in [9.17, 15) is 54.2 Å². The van der Waals surface area contributed by atoms with E-state index in [0.29, 0.717) is 24.3 Å². The summed E-state index contributed by atoms with van der Waals surface area (Å²) < 4.78 is 102. The Hall–Kier alpha value is -2.35. The van der Waals surface area contributed by atoms with Gasteiger partial charge in [-0.15, -0.1) is 10.2 Å². The van der Waals surface area contributed by atoms with Crippen LogP contribution < -0.4 is 29.6 Å². The molecule has 3 rings (SSSR count). The molecule has 18 heteroatoms. The number of hydrogen-bond acceptors (Lipinski definition) is 14. The molecule has 3 aromatic rings. The molecule has 0 aromatic heterocycles. The summed E-state index contributed by atoms with van der Waals surface area (Å²) in [5.41, 5.74) is -1.74. The molecule has 0 aliphatic carbocycles. The first-order chi connectivity index (χ1) is 15.0. The zero-order valence-corrected chi connectivity index (χ0v) is 21.0. The fraction of sp³-hybridized carbons (Fsp3) is 0. The van der Waals surface area contributed by atoms with Gasteiger partial charge in [-0.2, -0.15) is 0 Å². The summed E-state index contributed by atoms with van der Waals surface area (Å²) in [6.45, 7) is 0. The summed E-state index contributed by atoms with van der Waals surface area (Å²) in [4.78, 5) is -3.09. The Bertz CT molecular complexity index is 1670. The monoisotopic (exact) mass is 540 g/mol. The Morgan fingerprint density at radius 1 is 0.676 bits per heavy atom. The fourth-order valence-electron chi connectivity index (χ4n) is 2.71. The van der Waals surface area contributed by atoms with Gasteiger partial charge in [-0.3, -0.25) is 0 Å². The minimum absolute atomic E-state index is 0. The van der Waals surface area contributed by atoms with Gasteiger partial charge in [0.25, 0.3) is 0 Å². The van der Waals surface area contributed by atoms with E-state index < -0.39 is 84.4 Å². The number of rotatable bonds is 5. The second kappa shape index (κ2) is 9.36. The molecule has 0 heterocycles. The van der Waals surface area contributed by atoms with Crippen LogP contribution in [0.25, 0.3) is 10.8 Å². The van der Waals surface area contributed by atoms with Gasteiger partial charge in [0.1, 0.15) is 53.2 Å². The number of nitrogens with zero attached hydrogens (tertiary/aromatic N) is 2. The molecular formula is C16H9N2NaO12S3-2. The van der Waals surface area contributed by atoms with Crippen LogP contribution in [0.15, 0.2) is 61.3 Å². The molecule has 0 aliphatic rings. The zero-order chi connectivity index (χ0) is 24.9. The van der Waals surface area contributed by atoms with Gasteiger partial charge >= 0.3 is 29.6 Å². The third-order valence-corrected chi connectivity index (χ3v) is 6.65.